The zero-order chi connectivity index (χ0) is 19.4. The van der Waals surface area contributed by atoms with Gasteiger partial charge in [0.15, 0.2) is 11.5 Å². The Morgan fingerprint density at radius 1 is 1.11 bits per heavy atom. The lowest BCUT2D eigenvalue weighted by Gasteiger charge is -2.10. The fourth-order valence-electron chi connectivity index (χ4n) is 2.46. The van der Waals surface area contributed by atoms with E-state index in [-0.39, 0.29) is 18.1 Å². The Hall–Kier alpha value is -3.12. The smallest absolute Gasteiger partial charge is 0.273 e. The maximum Gasteiger partial charge on any atom is 0.273 e. The quantitative estimate of drug-likeness (QED) is 0.698. The average molecular weight is 384 g/mol. The van der Waals surface area contributed by atoms with Crippen molar-refractivity contribution in [1.29, 1.82) is 0 Å². The summed E-state index contributed by atoms with van der Waals surface area (Å²) < 4.78 is 5.19. The van der Waals surface area contributed by atoms with Crippen LogP contribution in [-0.2, 0) is 4.79 Å². The van der Waals surface area contributed by atoms with E-state index in [0.717, 1.165) is 22.4 Å². The van der Waals surface area contributed by atoms with E-state index in [2.05, 4.69) is 15.8 Å². The summed E-state index contributed by atoms with van der Waals surface area (Å²) in [5.41, 5.74) is 3.63. The van der Waals surface area contributed by atoms with Crippen molar-refractivity contribution >= 4 is 29.1 Å². The normalized spacial score (nSPS) is 10.5. The minimum Gasteiger partial charge on any atom is -0.355 e. The van der Waals surface area contributed by atoms with Crippen LogP contribution in [0.1, 0.15) is 21.6 Å². The van der Waals surface area contributed by atoms with Gasteiger partial charge in [-0.05, 0) is 55.3 Å². The van der Waals surface area contributed by atoms with Gasteiger partial charge in [0.2, 0.25) is 5.91 Å². The molecule has 7 heteroatoms. The zero-order valence-electron chi connectivity index (χ0n) is 14.9. The second-order valence-corrected chi connectivity index (χ2v) is 6.50. The van der Waals surface area contributed by atoms with Crippen molar-refractivity contribution in [2.75, 3.05) is 11.9 Å². The molecule has 0 radical (unpaired) electrons. The van der Waals surface area contributed by atoms with E-state index in [1.807, 2.05) is 32.0 Å². The number of nitrogens with one attached hydrogen (secondary N) is 2. The first-order valence-electron chi connectivity index (χ1n) is 8.31. The number of amides is 2. The predicted molar refractivity (Wildman–Crippen MR) is 104 cm³/mol. The summed E-state index contributed by atoms with van der Waals surface area (Å²) in [6, 6.07) is 14.1. The highest BCUT2D eigenvalue weighted by molar-refractivity contribution is 6.30. The maximum absolute atomic E-state index is 12.2. The standard InChI is InChI=1S/C20H18ClN3O3/c1-12-4-3-5-16(13(12)2)23-19(25)11-22-20(26)17-10-18(27-24-17)14-6-8-15(21)9-7-14/h3-10H,11H2,1-2H3,(H,22,26)(H,23,25). The summed E-state index contributed by atoms with van der Waals surface area (Å²) in [7, 11) is 0. The van der Waals surface area contributed by atoms with Gasteiger partial charge in [-0.25, -0.2) is 0 Å². The van der Waals surface area contributed by atoms with Gasteiger partial charge in [0.25, 0.3) is 5.91 Å². The van der Waals surface area contributed by atoms with E-state index in [1.165, 1.54) is 6.07 Å². The molecule has 2 aromatic carbocycles. The van der Waals surface area contributed by atoms with Crippen LogP contribution in [0.25, 0.3) is 11.3 Å². The Bertz CT molecular complexity index is 980. The number of anilines is 1. The topological polar surface area (TPSA) is 84.2 Å². The molecular weight excluding hydrogens is 366 g/mol. The van der Waals surface area contributed by atoms with E-state index in [4.69, 9.17) is 16.1 Å². The van der Waals surface area contributed by atoms with Crippen LogP contribution in [0.15, 0.2) is 53.1 Å². The molecule has 0 atom stereocenters. The first kappa shape index (κ1) is 18.7. The van der Waals surface area contributed by atoms with E-state index in [1.54, 1.807) is 24.3 Å². The van der Waals surface area contributed by atoms with Crippen molar-refractivity contribution in [3.8, 4) is 11.3 Å². The summed E-state index contributed by atoms with van der Waals surface area (Å²) in [6.07, 6.45) is 0. The van der Waals surface area contributed by atoms with E-state index in [9.17, 15) is 9.59 Å². The molecule has 3 aromatic rings. The second-order valence-electron chi connectivity index (χ2n) is 6.06. The number of hydrogen-bond acceptors (Lipinski definition) is 4. The van der Waals surface area contributed by atoms with Crippen molar-refractivity contribution in [1.82, 2.24) is 10.5 Å². The monoisotopic (exact) mass is 383 g/mol. The number of nitrogens with zero attached hydrogens (tertiary/aromatic N) is 1. The Kier molecular flexibility index (Phi) is 5.57. The molecule has 0 fully saturated rings. The Labute approximate surface area is 161 Å². The Morgan fingerprint density at radius 2 is 1.85 bits per heavy atom. The lowest BCUT2D eigenvalue weighted by molar-refractivity contribution is -0.115. The lowest BCUT2D eigenvalue weighted by atomic mass is 10.1. The first-order valence-corrected chi connectivity index (χ1v) is 8.69. The molecule has 1 heterocycles. The number of rotatable bonds is 5. The van der Waals surface area contributed by atoms with Gasteiger partial charge in [-0.15, -0.1) is 0 Å². The first-order chi connectivity index (χ1) is 12.9. The molecule has 2 N–H and O–H groups in total. The fraction of sp³-hybridized carbons (Fsp3) is 0.150. The second kappa shape index (κ2) is 8.05. The van der Waals surface area contributed by atoms with Gasteiger partial charge in [0.1, 0.15) is 0 Å². The molecule has 0 bridgehead atoms. The highest BCUT2D eigenvalue weighted by atomic mass is 35.5. The predicted octanol–water partition coefficient (Wildman–Crippen LogP) is 3.98. The zero-order valence-corrected chi connectivity index (χ0v) is 15.6. The summed E-state index contributed by atoms with van der Waals surface area (Å²) in [4.78, 5) is 24.3. The van der Waals surface area contributed by atoms with Crippen LogP contribution >= 0.6 is 11.6 Å². The minimum absolute atomic E-state index is 0.0967. The number of carbonyl (C=O) groups excluding carboxylic acids is 2. The van der Waals surface area contributed by atoms with Crippen molar-refractivity contribution in [2.24, 2.45) is 0 Å². The van der Waals surface area contributed by atoms with Gasteiger partial charge in [-0.1, -0.05) is 28.9 Å². The Morgan fingerprint density at radius 3 is 2.59 bits per heavy atom. The van der Waals surface area contributed by atoms with Crippen molar-refractivity contribution in [2.45, 2.75) is 13.8 Å². The molecule has 1 aromatic heterocycles. The molecule has 138 valence electrons. The van der Waals surface area contributed by atoms with E-state index < -0.39 is 5.91 Å². The summed E-state index contributed by atoms with van der Waals surface area (Å²) in [5, 5.41) is 9.67. The molecule has 27 heavy (non-hydrogen) atoms. The molecule has 0 spiro atoms. The fourth-order valence-corrected chi connectivity index (χ4v) is 2.59. The van der Waals surface area contributed by atoms with Crippen molar-refractivity contribution < 1.29 is 14.1 Å². The van der Waals surface area contributed by atoms with Crippen LogP contribution in [-0.4, -0.2) is 23.5 Å². The van der Waals surface area contributed by atoms with Gasteiger partial charge in [0, 0.05) is 22.3 Å². The number of aromatic nitrogens is 1. The van der Waals surface area contributed by atoms with Crippen LogP contribution in [0, 0.1) is 13.8 Å². The van der Waals surface area contributed by atoms with Gasteiger partial charge >= 0.3 is 0 Å². The molecule has 0 aliphatic carbocycles. The van der Waals surface area contributed by atoms with Crippen molar-refractivity contribution in [3.05, 3.63) is 70.4 Å². The molecule has 0 saturated carbocycles. The third-order valence-corrected chi connectivity index (χ3v) is 4.41. The molecular formula is C20H18ClN3O3. The van der Waals surface area contributed by atoms with Crippen LogP contribution in [0.5, 0.6) is 0 Å². The number of benzene rings is 2. The third-order valence-electron chi connectivity index (χ3n) is 4.16. The third kappa shape index (κ3) is 4.54. The summed E-state index contributed by atoms with van der Waals surface area (Å²) in [6.45, 7) is 3.72. The van der Waals surface area contributed by atoms with Crippen LogP contribution in [0.2, 0.25) is 5.02 Å². The number of carbonyl (C=O) groups is 2. The van der Waals surface area contributed by atoms with E-state index >= 15 is 0 Å². The molecule has 0 aliphatic heterocycles. The largest absolute Gasteiger partial charge is 0.355 e. The molecule has 0 saturated heterocycles. The van der Waals surface area contributed by atoms with Crippen molar-refractivity contribution in [3.63, 3.8) is 0 Å². The molecule has 0 unspecified atom stereocenters. The molecule has 0 aliphatic rings. The number of halogens is 1. The minimum atomic E-state index is -0.491. The lowest BCUT2D eigenvalue weighted by Crippen LogP contribution is -2.33. The average Bonchev–Trinajstić information content (AvgIpc) is 3.14. The number of hydrogen-bond donors (Lipinski definition) is 2. The van der Waals surface area contributed by atoms with Crippen LogP contribution in [0.4, 0.5) is 5.69 Å². The summed E-state index contributed by atoms with van der Waals surface area (Å²) in [5.74, 6) is -0.370. The van der Waals surface area contributed by atoms with E-state index in [0.29, 0.717) is 10.8 Å². The SMILES string of the molecule is Cc1cccc(NC(=O)CNC(=O)c2cc(-c3ccc(Cl)cc3)on2)c1C. The maximum atomic E-state index is 12.2. The molecule has 6 nitrogen and oxygen atoms in total. The van der Waals surface area contributed by atoms with Gasteiger partial charge in [-0.3, -0.25) is 9.59 Å². The Balaban J connectivity index is 1.58. The summed E-state index contributed by atoms with van der Waals surface area (Å²) >= 11 is 5.85. The highest BCUT2D eigenvalue weighted by Crippen LogP contribution is 2.22. The number of aryl methyl sites for hydroxylation is 1. The highest BCUT2D eigenvalue weighted by Gasteiger charge is 2.15. The molecule has 2 amide bonds. The van der Waals surface area contributed by atoms with Crippen LogP contribution < -0.4 is 10.6 Å². The van der Waals surface area contributed by atoms with Gasteiger partial charge in [-0.2, -0.15) is 0 Å². The van der Waals surface area contributed by atoms with Crippen LogP contribution in [0.3, 0.4) is 0 Å². The molecule has 3 rings (SSSR count). The van der Waals surface area contributed by atoms with Gasteiger partial charge in [0.05, 0.1) is 6.54 Å². The van der Waals surface area contributed by atoms with Gasteiger partial charge < -0.3 is 15.2 Å².